The highest BCUT2D eigenvalue weighted by molar-refractivity contribution is 7.89. The number of amides is 1. The summed E-state index contributed by atoms with van der Waals surface area (Å²) < 4.78 is 27.3. The number of nitrogens with zero attached hydrogens (tertiary/aromatic N) is 2. The minimum absolute atomic E-state index is 0.0298. The molecular weight excluding hydrogens is 338 g/mol. The molecule has 1 N–H and O–H groups in total. The Labute approximate surface area is 150 Å². The largest absolute Gasteiger partial charge is 0.341 e. The lowest BCUT2D eigenvalue weighted by Crippen LogP contribution is -2.51. The van der Waals surface area contributed by atoms with Gasteiger partial charge in [0.1, 0.15) is 6.04 Å². The van der Waals surface area contributed by atoms with Crippen LogP contribution < -0.4 is 5.32 Å². The van der Waals surface area contributed by atoms with Crippen molar-refractivity contribution < 1.29 is 13.2 Å². The third-order valence-electron chi connectivity index (χ3n) is 5.16. The van der Waals surface area contributed by atoms with Gasteiger partial charge in [-0.25, -0.2) is 8.42 Å². The molecule has 2 aliphatic heterocycles. The van der Waals surface area contributed by atoms with Crippen molar-refractivity contribution in [1.29, 1.82) is 0 Å². The number of benzene rings is 1. The first-order valence-corrected chi connectivity index (χ1v) is 10.5. The third-order valence-corrected chi connectivity index (χ3v) is 7.08. The number of hydrogen-bond donors (Lipinski definition) is 1. The van der Waals surface area contributed by atoms with Crippen molar-refractivity contribution in [2.24, 2.45) is 5.92 Å². The zero-order valence-electron chi connectivity index (χ0n) is 14.7. The summed E-state index contributed by atoms with van der Waals surface area (Å²) in [4.78, 5) is 15.2. The Morgan fingerprint density at radius 2 is 1.88 bits per heavy atom. The minimum Gasteiger partial charge on any atom is -0.341 e. The average Bonchev–Trinajstić information content (AvgIpc) is 3.13. The molecule has 3 rings (SSSR count). The Bertz CT molecular complexity index is 691. The van der Waals surface area contributed by atoms with Crippen LogP contribution in [0.15, 0.2) is 35.2 Å². The molecule has 2 atom stereocenters. The van der Waals surface area contributed by atoms with Gasteiger partial charge in [-0.3, -0.25) is 4.79 Å². The Kier molecular flexibility index (Phi) is 5.76. The zero-order valence-corrected chi connectivity index (χ0v) is 15.5. The summed E-state index contributed by atoms with van der Waals surface area (Å²) in [6.45, 7) is 2.76. The quantitative estimate of drug-likeness (QED) is 0.854. The van der Waals surface area contributed by atoms with Crippen LogP contribution in [0.4, 0.5) is 0 Å². The van der Waals surface area contributed by atoms with Gasteiger partial charge in [0.05, 0.1) is 4.90 Å². The molecule has 7 heteroatoms. The molecule has 6 nitrogen and oxygen atoms in total. The van der Waals surface area contributed by atoms with Gasteiger partial charge in [-0.2, -0.15) is 4.31 Å². The lowest BCUT2D eigenvalue weighted by Gasteiger charge is -2.36. The highest BCUT2D eigenvalue weighted by Gasteiger charge is 2.41. The second-order valence-corrected chi connectivity index (χ2v) is 8.83. The van der Waals surface area contributed by atoms with Crippen molar-refractivity contribution in [3.05, 3.63) is 30.3 Å². The second kappa shape index (κ2) is 7.85. The maximum atomic E-state index is 13.0. The minimum atomic E-state index is -3.62. The third kappa shape index (κ3) is 3.88. The molecule has 0 radical (unpaired) electrons. The van der Waals surface area contributed by atoms with Crippen LogP contribution in [-0.4, -0.2) is 62.8 Å². The Hall–Kier alpha value is -1.44. The smallest absolute Gasteiger partial charge is 0.243 e. The first-order valence-electron chi connectivity index (χ1n) is 9.04. The van der Waals surface area contributed by atoms with Crippen LogP contribution in [0, 0.1) is 5.92 Å². The van der Waals surface area contributed by atoms with E-state index in [1.54, 1.807) is 30.3 Å². The van der Waals surface area contributed by atoms with Gasteiger partial charge >= 0.3 is 0 Å². The summed E-state index contributed by atoms with van der Waals surface area (Å²) in [7, 11) is -1.70. The summed E-state index contributed by atoms with van der Waals surface area (Å²) in [5, 5.41) is 3.18. The number of sulfonamides is 1. The predicted octanol–water partition coefficient (Wildman–Crippen LogP) is 1.30. The van der Waals surface area contributed by atoms with Crippen molar-refractivity contribution in [3.63, 3.8) is 0 Å². The fourth-order valence-corrected chi connectivity index (χ4v) is 5.61. The van der Waals surface area contributed by atoms with Crippen LogP contribution in [0.5, 0.6) is 0 Å². The fraction of sp³-hybridized carbons (Fsp3) is 0.611. The fourth-order valence-electron chi connectivity index (χ4n) is 3.93. The van der Waals surface area contributed by atoms with Crippen molar-refractivity contribution in [3.8, 4) is 0 Å². The summed E-state index contributed by atoms with van der Waals surface area (Å²) in [6.07, 6.45) is 3.44. The van der Waals surface area contributed by atoms with Crippen molar-refractivity contribution in [1.82, 2.24) is 14.5 Å². The maximum absolute atomic E-state index is 13.0. The van der Waals surface area contributed by atoms with Crippen molar-refractivity contribution >= 4 is 15.9 Å². The summed E-state index contributed by atoms with van der Waals surface area (Å²) >= 11 is 0. The first kappa shape index (κ1) is 18.4. The van der Waals surface area contributed by atoms with E-state index in [1.165, 1.54) is 4.31 Å². The molecule has 2 heterocycles. The van der Waals surface area contributed by atoms with E-state index >= 15 is 0 Å². The van der Waals surface area contributed by atoms with Crippen LogP contribution in [-0.2, 0) is 14.8 Å². The van der Waals surface area contributed by atoms with Gasteiger partial charge in [0.15, 0.2) is 0 Å². The molecule has 1 amide bonds. The van der Waals surface area contributed by atoms with Gasteiger partial charge < -0.3 is 10.2 Å². The van der Waals surface area contributed by atoms with E-state index in [9.17, 15) is 13.2 Å². The van der Waals surface area contributed by atoms with E-state index < -0.39 is 16.1 Å². The lowest BCUT2D eigenvalue weighted by atomic mass is 9.97. The van der Waals surface area contributed by atoms with Gasteiger partial charge in [0.2, 0.25) is 15.9 Å². The molecular formula is C18H27N3O3S. The second-order valence-electron chi connectivity index (χ2n) is 6.94. The van der Waals surface area contributed by atoms with E-state index in [1.807, 2.05) is 11.9 Å². The first-order chi connectivity index (χ1) is 12.0. The number of rotatable bonds is 5. The van der Waals surface area contributed by atoms with Gasteiger partial charge in [-0.15, -0.1) is 0 Å². The molecule has 2 unspecified atom stereocenters. The molecule has 2 fully saturated rings. The van der Waals surface area contributed by atoms with Gasteiger partial charge in [-0.1, -0.05) is 18.2 Å². The summed E-state index contributed by atoms with van der Waals surface area (Å²) in [5.74, 6) is 0.418. The molecule has 0 bridgehead atoms. The van der Waals surface area contributed by atoms with Crippen LogP contribution in [0.2, 0.25) is 0 Å². The average molecular weight is 365 g/mol. The topological polar surface area (TPSA) is 69.7 Å². The van der Waals surface area contributed by atoms with Gasteiger partial charge in [0.25, 0.3) is 0 Å². The number of piperidine rings is 1. The van der Waals surface area contributed by atoms with E-state index in [0.717, 1.165) is 38.9 Å². The molecule has 1 aromatic rings. The molecule has 2 aliphatic rings. The zero-order chi connectivity index (χ0) is 17.9. The van der Waals surface area contributed by atoms with Crippen LogP contribution in [0.3, 0.4) is 0 Å². The van der Waals surface area contributed by atoms with Crippen LogP contribution in [0.1, 0.15) is 25.7 Å². The number of nitrogens with one attached hydrogen (secondary N) is 1. The molecule has 1 aromatic carbocycles. The molecule has 138 valence electrons. The molecule has 25 heavy (non-hydrogen) atoms. The predicted molar refractivity (Wildman–Crippen MR) is 96.6 cm³/mol. The maximum Gasteiger partial charge on any atom is 0.243 e. The number of likely N-dealkylation sites (tertiary alicyclic amines) is 1. The standard InChI is InChI=1S/C18H27N3O3S/c1-19-13-15-7-5-11-20(14-15)18(22)17-10-6-12-21(17)25(23,24)16-8-3-2-4-9-16/h2-4,8-9,15,17,19H,5-7,10-14H2,1H3. The normalized spacial score (nSPS) is 25.2. The van der Waals surface area contributed by atoms with Crippen LogP contribution >= 0.6 is 0 Å². The van der Waals surface area contributed by atoms with Crippen molar-refractivity contribution in [2.45, 2.75) is 36.6 Å². The summed E-state index contributed by atoms with van der Waals surface area (Å²) in [6, 6.07) is 7.86. The van der Waals surface area contributed by atoms with Crippen LogP contribution in [0.25, 0.3) is 0 Å². The molecule has 2 saturated heterocycles. The highest BCUT2D eigenvalue weighted by atomic mass is 32.2. The number of hydrogen-bond acceptors (Lipinski definition) is 4. The van der Waals surface area contributed by atoms with Gasteiger partial charge in [-0.05, 0) is 57.3 Å². The van der Waals surface area contributed by atoms with E-state index in [-0.39, 0.29) is 10.8 Å². The lowest BCUT2D eigenvalue weighted by molar-refractivity contribution is -0.136. The number of carbonyl (C=O) groups is 1. The Balaban J connectivity index is 1.76. The Morgan fingerprint density at radius 1 is 1.16 bits per heavy atom. The molecule has 0 aliphatic carbocycles. The highest BCUT2D eigenvalue weighted by Crippen LogP contribution is 2.28. The van der Waals surface area contributed by atoms with Crippen molar-refractivity contribution in [2.75, 3.05) is 33.2 Å². The summed E-state index contributed by atoms with van der Waals surface area (Å²) in [5.41, 5.74) is 0. The number of carbonyl (C=O) groups excluding carboxylic acids is 1. The van der Waals surface area contributed by atoms with E-state index in [2.05, 4.69) is 5.32 Å². The monoisotopic (exact) mass is 365 g/mol. The van der Waals surface area contributed by atoms with E-state index in [0.29, 0.717) is 18.9 Å². The Morgan fingerprint density at radius 3 is 2.60 bits per heavy atom. The molecule has 0 aromatic heterocycles. The molecule has 0 saturated carbocycles. The van der Waals surface area contributed by atoms with Gasteiger partial charge in [0, 0.05) is 19.6 Å². The van der Waals surface area contributed by atoms with E-state index in [4.69, 9.17) is 0 Å². The SMILES string of the molecule is CNCC1CCCN(C(=O)C2CCCN2S(=O)(=O)c2ccccc2)C1. The molecule has 0 spiro atoms.